The molecule has 1 aromatic carbocycles. The van der Waals surface area contributed by atoms with E-state index in [9.17, 15) is 4.79 Å². The Balaban J connectivity index is 2.66. The van der Waals surface area contributed by atoms with Crippen LogP contribution in [0.3, 0.4) is 0 Å². The molecule has 0 saturated carbocycles. The highest BCUT2D eigenvalue weighted by atomic mass is 16.5. The van der Waals surface area contributed by atoms with Gasteiger partial charge in [0.2, 0.25) is 5.91 Å². The van der Waals surface area contributed by atoms with Gasteiger partial charge in [-0.05, 0) is 24.1 Å². The van der Waals surface area contributed by atoms with E-state index in [1.165, 1.54) is 0 Å². The van der Waals surface area contributed by atoms with Gasteiger partial charge in [-0.25, -0.2) is 4.99 Å². The number of rotatable bonds is 7. The molecule has 0 saturated heterocycles. The molecule has 0 radical (unpaired) electrons. The first-order valence-electron chi connectivity index (χ1n) is 7.42. The third-order valence-corrected chi connectivity index (χ3v) is 3.00. The summed E-state index contributed by atoms with van der Waals surface area (Å²) in [6, 6.07) is 7.78. The van der Waals surface area contributed by atoms with Crippen LogP contribution < -0.4 is 15.4 Å². The fourth-order valence-corrected chi connectivity index (χ4v) is 1.68. The second-order valence-electron chi connectivity index (χ2n) is 5.08. The van der Waals surface area contributed by atoms with E-state index in [1.807, 2.05) is 24.3 Å². The summed E-state index contributed by atoms with van der Waals surface area (Å²) in [5, 5.41) is 6.25. The van der Waals surface area contributed by atoms with Crippen molar-refractivity contribution in [2.24, 2.45) is 4.99 Å². The summed E-state index contributed by atoms with van der Waals surface area (Å²) in [5.74, 6) is 1.46. The van der Waals surface area contributed by atoms with E-state index in [4.69, 9.17) is 4.74 Å². The van der Waals surface area contributed by atoms with E-state index in [1.54, 1.807) is 26.1 Å². The Morgan fingerprint density at radius 1 is 1.32 bits per heavy atom. The molecule has 0 atom stereocenters. The molecule has 2 N–H and O–H groups in total. The number of carbonyl (C=O) groups is 1. The maximum atomic E-state index is 11.6. The highest BCUT2D eigenvalue weighted by Crippen LogP contribution is 2.13. The molecule has 1 amide bonds. The van der Waals surface area contributed by atoms with E-state index >= 15 is 0 Å². The fraction of sp³-hybridized carbons (Fsp3) is 0.500. The van der Waals surface area contributed by atoms with Gasteiger partial charge in [0.15, 0.2) is 5.96 Å². The van der Waals surface area contributed by atoms with Crippen LogP contribution in [0.5, 0.6) is 5.75 Å². The van der Waals surface area contributed by atoms with E-state index < -0.39 is 0 Å². The van der Waals surface area contributed by atoms with Crippen molar-refractivity contribution in [3.05, 3.63) is 29.8 Å². The predicted octanol–water partition coefficient (Wildman–Crippen LogP) is 1.23. The quantitative estimate of drug-likeness (QED) is 0.587. The topological polar surface area (TPSA) is 66.0 Å². The van der Waals surface area contributed by atoms with Crippen molar-refractivity contribution in [2.75, 3.05) is 34.3 Å². The molecule has 122 valence electrons. The number of likely N-dealkylation sites (N-methyl/N-ethyl adjacent to an activating group) is 1. The molecule has 0 aliphatic carbocycles. The SMILES string of the molecule is CCCNC(=NCc1cccc(OC)c1)NCC(=O)N(C)C. The molecular weight excluding hydrogens is 280 g/mol. The van der Waals surface area contributed by atoms with Crippen molar-refractivity contribution in [3.63, 3.8) is 0 Å². The number of guanidine groups is 1. The number of hydrogen-bond acceptors (Lipinski definition) is 3. The van der Waals surface area contributed by atoms with E-state index in [0.29, 0.717) is 12.5 Å². The summed E-state index contributed by atoms with van der Waals surface area (Å²) in [5.41, 5.74) is 1.05. The number of ether oxygens (including phenoxy) is 1. The third kappa shape index (κ3) is 6.47. The average molecular weight is 306 g/mol. The Kier molecular flexibility index (Phi) is 7.81. The predicted molar refractivity (Wildman–Crippen MR) is 89.1 cm³/mol. The maximum Gasteiger partial charge on any atom is 0.241 e. The van der Waals surface area contributed by atoms with Crippen LogP contribution in [0.15, 0.2) is 29.3 Å². The molecule has 0 bridgehead atoms. The highest BCUT2D eigenvalue weighted by Gasteiger charge is 2.05. The number of methoxy groups -OCH3 is 1. The van der Waals surface area contributed by atoms with Crippen molar-refractivity contribution >= 4 is 11.9 Å². The molecule has 1 aromatic rings. The molecule has 0 heterocycles. The molecular formula is C16H26N4O2. The molecule has 6 nitrogen and oxygen atoms in total. The zero-order chi connectivity index (χ0) is 16.4. The Bertz CT molecular complexity index is 501. The van der Waals surface area contributed by atoms with Gasteiger partial charge < -0.3 is 20.3 Å². The lowest BCUT2D eigenvalue weighted by molar-refractivity contribution is -0.127. The third-order valence-electron chi connectivity index (χ3n) is 3.00. The minimum atomic E-state index is 0.00683. The van der Waals surface area contributed by atoms with Crippen LogP contribution in [-0.2, 0) is 11.3 Å². The van der Waals surface area contributed by atoms with Crippen molar-refractivity contribution in [3.8, 4) is 5.75 Å². The lowest BCUT2D eigenvalue weighted by atomic mass is 10.2. The Morgan fingerprint density at radius 2 is 2.09 bits per heavy atom. The van der Waals surface area contributed by atoms with Crippen LogP contribution in [0.4, 0.5) is 0 Å². The maximum absolute atomic E-state index is 11.6. The Morgan fingerprint density at radius 3 is 2.73 bits per heavy atom. The fourth-order valence-electron chi connectivity index (χ4n) is 1.68. The van der Waals surface area contributed by atoms with E-state index in [-0.39, 0.29) is 12.5 Å². The first-order chi connectivity index (χ1) is 10.6. The minimum Gasteiger partial charge on any atom is -0.497 e. The van der Waals surface area contributed by atoms with Gasteiger partial charge in [-0.2, -0.15) is 0 Å². The molecule has 0 aromatic heterocycles. The average Bonchev–Trinajstić information content (AvgIpc) is 2.53. The Labute approximate surface area is 132 Å². The number of aliphatic imine (C=N–C) groups is 1. The highest BCUT2D eigenvalue weighted by molar-refractivity contribution is 5.86. The number of nitrogens with zero attached hydrogens (tertiary/aromatic N) is 2. The number of hydrogen-bond donors (Lipinski definition) is 2. The Hall–Kier alpha value is -2.24. The summed E-state index contributed by atoms with van der Waals surface area (Å²) in [4.78, 5) is 17.7. The standard InChI is InChI=1S/C16H26N4O2/c1-5-9-17-16(19-12-15(21)20(2)3)18-11-13-7-6-8-14(10-13)22-4/h6-8,10H,5,9,11-12H2,1-4H3,(H2,17,18,19). The van der Waals surface area contributed by atoms with Gasteiger partial charge in [-0.15, -0.1) is 0 Å². The molecule has 0 fully saturated rings. The molecule has 0 aliphatic heterocycles. The van der Waals surface area contributed by atoms with Crippen LogP contribution in [0, 0.1) is 0 Å². The largest absolute Gasteiger partial charge is 0.497 e. The van der Waals surface area contributed by atoms with Crippen molar-refractivity contribution in [1.29, 1.82) is 0 Å². The first-order valence-corrected chi connectivity index (χ1v) is 7.42. The van der Waals surface area contributed by atoms with Gasteiger partial charge in [0.1, 0.15) is 5.75 Å². The summed E-state index contributed by atoms with van der Waals surface area (Å²) in [6.07, 6.45) is 0.988. The minimum absolute atomic E-state index is 0.00683. The van der Waals surface area contributed by atoms with Crippen molar-refractivity contribution in [2.45, 2.75) is 19.9 Å². The van der Waals surface area contributed by atoms with Crippen LogP contribution >= 0.6 is 0 Å². The molecule has 22 heavy (non-hydrogen) atoms. The lowest BCUT2D eigenvalue weighted by Gasteiger charge is -2.14. The van der Waals surface area contributed by atoms with Crippen LogP contribution in [-0.4, -0.2) is 51.1 Å². The van der Waals surface area contributed by atoms with Crippen LogP contribution in [0.25, 0.3) is 0 Å². The number of nitrogens with one attached hydrogen (secondary N) is 2. The van der Waals surface area contributed by atoms with Gasteiger partial charge in [-0.3, -0.25) is 4.79 Å². The zero-order valence-corrected chi connectivity index (χ0v) is 13.8. The van der Waals surface area contributed by atoms with Gasteiger partial charge >= 0.3 is 0 Å². The van der Waals surface area contributed by atoms with Gasteiger partial charge in [0.25, 0.3) is 0 Å². The second kappa shape index (κ2) is 9.65. The number of amides is 1. The first kappa shape index (κ1) is 17.8. The number of carbonyl (C=O) groups excluding carboxylic acids is 1. The van der Waals surface area contributed by atoms with Gasteiger partial charge in [0, 0.05) is 20.6 Å². The van der Waals surface area contributed by atoms with Crippen molar-refractivity contribution in [1.82, 2.24) is 15.5 Å². The molecule has 0 spiro atoms. The zero-order valence-electron chi connectivity index (χ0n) is 13.8. The van der Waals surface area contributed by atoms with E-state index in [0.717, 1.165) is 24.3 Å². The molecule has 0 unspecified atom stereocenters. The monoisotopic (exact) mass is 306 g/mol. The summed E-state index contributed by atoms with van der Waals surface area (Å²) in [7, 11) is 5.11. The van der Waals surface area contributed by atoms with Crippen LogP contribution in [0.1, 0.15) is 18.9 Å². The lowest BCUT2D eigenvalue weighted by Crippen LogP contribution is -2.43. The second-order valence-corrected chi connectivity index (χ2v) is 5.08. The smallest absolute Gasteiger partial charge is 0.241 e. The molecule has 1 rings (SSSR count). The van der Waals surface area contributed by atoms with Gasteiger partial charge in [-0.1, -0.05) is 19.1 Å². The molecule has 0 aliphatic rings. The van der Waals surface area contributed by atoms with Crippen molar-refractivity contribution < 1.29 is 9.53 Å². The summed E-state index contributed by atoms with van der Waals surface area (Å²) >= 11 is 0. The van der Waals surface area contributed by atoms with Crippen LogP contribution in [0.2, 0.25) is 0 Å². The van der Waals surface area contributed by atoms with E-state index in [2.05, 4.69) is 22.5 Å². The number of benzene rings is 1. The summed E-state index contributed by atoms with van der Waals surface area (Å²) in [6.45, 7) is 3.63. The summed E-state index contributed by atoms with van der Waals surface area (Å²) < 4.78 is 5.20. The molecule has 6 heteroatoms. The normalized spacial score (nSPS) is 11.0. The van der Waals surface area contributed by atoms with Gasteiger partial charge in [0.05, 0.1) is 20.2 Å².